The van der Waals surface area contributed by atoms with Gasteiger partial charge in [0.05, 0.1) is 5.56 Å². The summed E-state index contributed by atoms with van der Waals surface area (Å²) in [7, 11) is 0. The molecule has 1 heterocycles. The van der Waals surface area contributed by atoms with Crippen LogP contribution in [0.4, 0.5) is 13.2 Å². The van der Waals surface area contributed by atoms with Crippen LogP contribution in [0.2, 0.25) is 0 Å². The van der Waals surface area contributed by atoms with E-state index in [2.05, 4.69) is 0 Å². The Kier molecular flexibility index (Phi) is 3.32. The van der Waals surface area contributed by atoms with Crippen molar-refractivity contribution in [2.24, 2.45) is 5.73 Å². The van der Waals surface area contributed by atoms with E-state index in [0.717, 1.165) is 42.3 Å². The first-order chi connectivity index (χ1) is 9.88. The molecule has 2 nitrogen and oxygen atoms in total. The van der Waals surface area contributed by atoms with Gasteiger partial charge >= 0.3 is 6.18 Å². The Bertz CT molecular complexity index is 671. The van der Waals surface area contributed by atoms with E-state index in [0.29, 0.717) is 5.69 Å². The monoisotopic (exact) mass is 294 g/mol. The molecule has 112 valence electrons. The lowest BCUT2D eigenvalue weighted by atomic mass is 9.93. The van der Waals surface area contributed by atoms with Crippen molar-refractivity contribution in [1.82, 2.24) is 4.57 Å². The van der Waals surface area contributed by atoms with Crippen LogP contribution in [0, 0.1) is 6.92 Å². The van der Waals surface area contributed by atoms with Gasteiger partial charge in [-0.25, -0.2) is 0 Å². The zero-order valence-electron chi connectivity index (χ0n) is 11.7. The highest BCUT2D eigenvalue weighted by Gasteiger charge is 2.31. The number of benzene rings is 1. The molecule has 1 unspecified atom stereocenters. The molecule has 0 saturated heterocycles. The van der Waals surface area contributed by atoms with E-state index in [1.165, 1.54) is 12.1 Å². The number of nitrogens with two attached hydrogens (primary N) is 1. The van der Waals surface area contributed by atoms with Crippen LogP contribution in [-0.2, 0) is 12.6 Å². The summed E-state index contributed by atoms with van der Waals surface area (Å²) in [6.45, 7) is 1.91. The number of alkyl halides is 3. The first kappa shape index (κ1) is 14.2. The lowest BCUT2D eigenvalue weighted by molar-refractivity contribution is -0.137. The maximum Gasteiger partial charge on any atom is 0.416 e. The lowest BCUT2D eigenvalue weighted by Crippen LogP contribution is -2.18. The van der Waals surface area contributed by atoms with E-state index in [4.69, 9.17) is 5.73 Å². The second kappa shape index (κ2) is 4.91. The van der Waals surface area contributed by atoms with Crippen molar-refractivity contribution < 1.29 is 13.2 Å². The molecule has 0 amide bonds. The van der Waals surface area contributed by atoms with Crippen molar-refractivity contribution in [3.8, 4) is 5.69 Å². The second-order valence-electron chi connectivity index (χ2n) is 5.57. The van der Waals surface area contributed by atoms with Crippen LogP contribution in [0.15, 0.2) is 30.3 Å². The summed E-state index contributed by atoms with van der Waals surface area (Å²) in [6.07, 6.45) is -1.57. The summed E-state index contributed by atoms with van der Waals surface area (Å²) in [5, 5.41) is 0. The highest BCUT2D eigenvalue weighted by Crippen LogP contribution is 2.35. The van der Waals surface area contributed by atoms with Gasteiger partial charge in [0.2, 0.25) is 0 Å². The molecule has 1 aromatic heterocycles. The Morgan fingerprint density at radius 2 is 2.00 bits per heavy atom. The number of fused-ring (bicyclic) bond motifs is 1. The fourth-order valence-corrected chi connectivity index (χ4v) is 3.12. The molecule has 1 atom stereocenters. The number of aromatic nitrogens is 1. The van der Waals surface area contributed by atoms with E-state index in [1.807, 2.05) is 17.6 Å². The molecule has 0 bridgehead atoms. The molecular weight excluding hydrogens is 277 g/mol. The molecule has 1 aliphatic rings. The third-order valence-corrected chi connectivity index (χ3v) is 4.08. The first-order valence-corrected chi connectivity index (χ1v) is 7.02. The summed E-state index contributed by atoms with van der Waals surface area (Å²) < 4.78 is 40.6. The Balaban J connectivity index is 2.13. The molecule has 1 aromatic carbocycles. The van der Waals surface area contributed by atoms with Gasteiger partial charge in [-0.15, -0.1) is 0 Å². The Morgan fingerprint density at radius 3 is 2.71 bits per heavy atom. The van der Waals surface area contributed by atoms with Crippen LogP contribution in [0.3, 0.4) is 0 Å². The smallest absolute Gasteiger partial charge is 0.324 e. The Morgan fingerprint density at radius 1 is 1.24 bits per heavy atom. The average Bonchev–Trinajstić information content (AvgIpc) is 2.76. The Labute approximate surface area is 121 Å². The predicted molar refractivity (Wildman–Crippen MR) is 75.4 cm³/mol. The number of rotatable bonds is 1. The minimum absolute atomic E-state index is 0.0144. The summed E-state index contributed by atoms with van der Waals surface area (Å²) in [5.74, 6) is 0. The summed E-state index contributed by atoms with van der Waals surface area (Å²) >= 11 is 0. The fourth-order valence-electron chi connectivity index (χ4n) is 3.12. The van der Waals surface area contributed by atoms with Gasteiger partial charge in [0, 0.05) is 23.1 Å². The SMILES string of the molecule is Cc1cc2c(n1-c1cccc(C(F)(F)F)c1)CCCC2N. The van der Waals surface area contributed by atoms with Gasteiger partial charge in [0.25, 0.3) is 0 Å². The van der Waals surface area contributed by atoms with Gasteiger partial charge < -0.3 is 10.3 Å². The molecule has 0 saturated carbocycles. The summed E-state index contributed by atoms with van der Waals surface area (Å²) in [4.78, 5) is 0. The molecule has 0 spiro atoms. The number of hydrogen-bond donors (Lipinski definition) is 1. The van der Waals surface area contributed by atoms with E-state index >= 15 is 0 Å². The Hall–Kier alpha value is -1.75. The number of aryl methyl sites for hydroxylation is 1. The van der Waals surface area contributed by atoms with Crippen LogP contribution in [0.1, 0.15) is 41.4 Å². The fraction of sp³-hybridized carbons (Fsp3) is 0.375. The molecule has 0 radical (unpaired) electrons. The highest BCUT2D eigenvalue weighted by atomic mass is 19.4. The zero-order chi connectivity index (χ0) is 15.2. The van der Waals surface area contributed by atoms with Crippen molar-refractivity contribution in [3.63, 3.8) is 0 Å². The summed E-state index contributed by atoms with van der Waals surface area (Å²) in [6, 6.07) is 7.45. The van der Waals surface area contributed by atoms with Crippen molar-refractivity contribution in [2.45, 2.75) is 38.4 Å². The number of nitrogens with zero attached hydrogens (tertiary/aromatic N) is 1. The molecule has 3 rings (SSSR count). The van der Waals surface area contributed by atoms with Crippen LogP contribution >= 0.6 is 0 Å². The molecule has 21 heavy (non-hydrogen) atoms. The number of hydrogen-bond acceptors (Lipinski definition) is 1. The maximum absolute atomic E-state index is 12.9. The van der Waals surface area contributed by atoms with Gasteiger partial charge in [-0.3, -0.25) is 0 Å². The summed E-state index contributed by atoms with van der Waals surface area (Å²) in [5.41, 5.74) is 9.08. The van der Waals surface area contributed by atoms with E-state index < -0.39 is 11.7 Å². The lowest BCUT2D eigenvalue weighted by Gasteiger charge is -2.21. The zero-order valence-corrected chi connectivity index (χ0v) is 11.7. The van der Waals surface area contributed by atoms with Gasteiger partial charge in [-0.2, -0.15) is 13.2 Å². The highest BCUT2D eigenvalue weighted by molar-refractivity contribution is 5.45. The van der Waals surface area contributed by atoms with Crippen molar-refractivity contribution in [1.29, 1.82) is 0 Å². The largest absolute Gasteiger partial charge is 0.416 e. The third kappa shape index (κ3) is 2.46. The minimum Gasteiger partial charge on any atom is -0.324 e. The molecule has 1 aliphatic carbocycles. The minimum atomic E-state index is -4.33. The van der Waals surface area contributed by atoms with E-state index in [-0.39, 0.29) is 6.04 Å². The predicted octanol–water partition coefficient (Wildman–Crippen LogP) is 4.14. The van der Waals surface area contributed by atoms with Gasteiger partial charge in [-0.05, 0) is 56.0 Å². The third-order valence-electron chi connectivity index (χ3n) is 4.08. The van der Waals surface area contributed by atoms with Crippen LogP contribution in [0.5, 0.6) is 0 Å². The molecular formula is C16H17F3N2. The quantitative estimate of drug-likeness (QED) is 0.842. The van der Waals surface area contributed by atoms with Gasteiger partial charge in [0.1, 0.15) is 0 Å². The molecule has 2 aromatic rings. The standard InChI is InChI=1S/C16H17F3N2/c1-10-8-13-14(20)6-3-7-15(13)21(10)12-5-2-4-11(9-12)16(17,18)19/h2,4-5,8-9,14H,3,6-7,20H2,1H3. The number of halogens is 3. The first-order valence-electron chi connectivity index (χ1n) is 7.02. The second-order valence-corrected chi connectivity index (χ2v) is 5.57. The topological polar surface area (TPSA) is 30.9 Å². The van der Waals surface area contributed by atoms with Crippen molar-refractivity contribution in [3.05, 3.63) is 52.8 Å². The van der Waals surface area contributed by atoms with Crippen LogP contribution < -0.4 is 5.73 Å². The van der Waals surface area contributed by atoms with Crippen molar-refractivity contribution >= 4 is 0 Å². The normalized spacial score (nSPS) is 18.6. The van der Waals surface area contributed by atoms with Crippen molar-refractivity contribution in [2.75, 3.05) is 0 Å². The molecule has 5 heteroatoms. The van der Waals surface area contributed by atoms with Gasteiger partial charge in [-0.1, -0.05) is 6.07 Å². The molecule has 0 aliphatic heterocycles. The van der Waals surface area contributed by atoms with Crippen LogP contribution in [0.25, 0.3) is 5.69 Å². The van der Waals surface area contributed by atoms with E-state index in [9.17, 15) is 13.2 Å². The molecule has 2 N–H and O–H groups in total. The molecule has 0 fully saturated rings. The van der Waals surface area contributed by atoms with Gasteiger partial charge in [0.15, 0.2) is 0 Å². The van der Waals surface area contributed by atoms with E-state index in [1.54, 1.807) is 6.07 Å². The maximum atomic E-state index is 12.9. The average molecular weight is 294 g/mol. The van der Waals surface area contributed by atoms with Crippen LogP contribution in [-0.4, -0.2) is 4.57 Å².